The second-order valence-electron chi connectivity index (χ2n) is 6.60. The van der Waals surface area contributed by atoms with E-state index in [2.05, 4.69) is 11.4 Å². The normalized spacial score (nSPS) is 20.2. The molecular formula is C21H24N4O3. The molecule has 1 N–H and O–H groups in total. The Bertz CT molecular complexity index is 1010. The maximum absolute atomic E-state index is 10.1. The molecule has 1 heterocycles. The van der Waals surface area contributed by atoms with E-state index in [9.17, 15) is 5.26 Å². The van der Waals surface area contributed by atoms with Crippen molar-refractivity contribution in [1.29, 1.82) is 5.26 Å². The van der Waals surface area contributed by atoms with Gasteiger partial charge in [-0.25, -0.2) is 0 Å². The molecule has 146 valence electrons. The number of benzene rings is 2. The summed E-state index contributed by atoms with van der Waals surface area (Å²) in [4.78, 5) is 6.72. The van der Waals surface area contributed by atoms with Crippen LogP contribution in [0.25, 0.3) is 6.08 Å². The Balaban J connectivity index is 2.30. The van der Waals surface area contributed by atoms with Gasteiger partial charge in [-0.05, 0) is 38.4 Å². The van der Waals surface area contributed by atoms with Crippen molar-refractivity contribution in [3.05, 3.63) is 47.0 Å². The minimum absolute atomic E-state index is 0.466. The Morgan fingerprint density at radius 3 is 2.29 bits per heavy atom. The van der Waals surface area contributed by atoms with Crippen LogP contribution >= 0.6 is 0 Å². The van der Waals surface area contributed by atoms with Crippen molar-refractivity contribution in [2.75, 3.05) is 40.7 Å². The smallest absolute Gasteiger partial charge is 0.205 e. The van der Waals surface area contributed by atoms with Crippen molar-refractivity contribution in [2.45, 2.75) is 11.7 Å². The zero-order chi connectivity index (χ0) is 20.3. The SMILES string of the molecule is COc1cc2c(c(OC)c1OC)=NC(Nc1ccccc1)C(C#N)(N(C)C)C=2. The average molecular weight is 380 g/mol. The number of methoxy groups -OCH3 is 3. The van der Waals surface area contributed by atoms with Crippen LogP contribution in [0.3, 0.4) is 0 Å². The lowest BCUT2D eigenvalue weighted by Gasteiger charge is -2.38. The van der Waals surface area contributed by atoms with E-state index in [1.54, 1.807) is 21.3 Å². The van der Waals surface area contributed by atoms with Crippen LogP contribution < -0.4 is 30.1 Å². The van der Waals surface area contributed by atoms with Crippen LogP contribution in [-0.2, 0) is 0 Å². The van der Waals surface area contributed by atoms with E-state index in [-0.39, 0.29) is 0 Å². The first-order valence-electron chi connectivity index (χ1n) is 8.80. The van der Waals surface area contributed by atoms with Crippen LogP contribution in [0.15, 0.2) is 41.4 Å². The van der Waals surface area contributed by atoms with E-state index >= 15 is 0 Å². The monoisotopic (exact) mass is 380 g/mol. The number of nitriles is 1. The van der Waals surface area contributed by atoms with Gasteiger partial charge in [-0.2, -0.15) is 5.26 Å². The van der Waals surface area contributed by atoms with E-state index in [1.165, 1.54) is 0 Å². The van der Waals surface area contributed by atoms with Gasteiger partial charge < -0.3 is 19.5 Å². The number of likely N-dealkylation sites (N-methyl/N-ethyl adjacent to an activating group) is 1. The molecule has 0 saturated carbocycles. The number of ether oxygens (including phenoxy) is 3. The fourth-order valence-electron chi connectivity index (χ4n) is 3.35. The summed E-state index contributed by atoms with van der Waals surface area (Å²) in [7, 11) is 8.39. The van der Waals surface area contributed by atoms with Crippen LogP contribution in [0.4, 0.5) is 5.69 Å². The first-order chi connectivity index (χ1) is 13.5. The lowest BCUT2D eigenvalue weighted by atomic mass is 9.91. The van der Waals surface area contributed by atoms with Gasteiger partial charge in [0, 0.05) is 10.9 Å². The first-order valence-corrected chi connectivity index (χ1v) is 8.80. The summed E-state index contributed by atoms with van der Waals surface area (Å²) < 4.78 is 16.5. The third-order valence-corrected chi connectivity index (χ3v) is 4.88. The molecule has 1 aliphatic heterocycles. The van der Waals surface area contributed by atoms with Crippen LogP contribution in [0.5, 0.6) is 17.2 Å². The van der Waals surface area contributed by atoms with E-state index in [0.29, 0.717) is 22.6 Å². The first kappa shape index (κ1) is 19.5. The van der Waals surface area contributed by atoms with Crippen molar-refractivity contribution in [3.63, 3.8) is 0 Å². The molecular weight excluding hydrogens is 356 g/mol. The standard InChI is InChI=1S/C21H24N4O3/c1-25(2)21(13-22)12-14-11-16(26-3)18(27-4)19(28-5)17(14)24-20(21)23-15-9-7-6-8-10-15/h6-12,20,23H,1-5H3. The van der Waals surface area contributed by atoms with Gasteiger partial charge in [-0.1, -0.05) is 18.2 Å². The van der Waals surface area contributed by atoms with Gasteiger partial charge in [0.25, 0.3) is 0 Å². The molecule has 7 heteroatoms. The summed E-state index contributed by atoms with van der Waals surface area (Å²) in [6.07, 6.45) is 1.33. The minimum Gasteiger partial charge on any atom is -0.493 e. The number of anilines is 1. The van der Waals surface area contributed by atoms with Crippen LogP contribution in [-0.4, -0.2) is 52.0 Å². The molecule has 3 rings (SSSR count). The third kappa shape index (κ3) is 3.12. The zero-order valence-corrected chi connectivity index (χ0v) is 16.7. The summed E-state index contributed by atoms with van der Waals surface area (Å²) in [6, 6.07) is 13.9. The molecule has 0 radical (unpaired) electrons. The molecule has 2 aromatic carbocycles. The lowest BCUT2D eigenvalue weighted by molar-refractivity contribution is 0.252. The van der Waals surface area contributed by atoms with Gasteiger partial charge in [0.05, 0.1) is 27.4 Å². The topological polar surface area (TPSA) is 79.1 Å². The molecule has 0 saturated heterocycles. The highest BCUT2D eigenvalue weighted by Gasteiger charge is 2.42. The molecule has 7 nitrogen and oxygen atoms in total. The number of nitrogens with zero attached hydrogens (tertiary/aromatic N) is 3. The van der Waals surface area contributed by atoms with Crippen LogP contribution in [0, 0.1) is 11.3 Å². The van der Waals surface area contributed by atoms with Gasteiger partial charge in [0.1, 0.15) is 5.36 Å². The molecule has 2 unspecified atom stereocenters. The largest absolute Gasteiger partial charge is 0.493 e. The van der Waals surface area contributed by atoms with Crippen LogP contribution in [0.1, 0.15) is 0 Å². The second-order valence-corrected chi connectivity index (χ2v) is 6.60. The molecule has 2 atom stereocenters. The highest BCUT2D eigenvalue weighted by Crippen LogP contribution is 2.34. The van der Waals surface area contributed by atoms with E-state index < -0.39 is 11.7 Å². The van der Waals surface area contributed by atoms with Crippen molar-refractivity contribution in [2.24, 2.45) is 4.99 Å². The predicted octanol–water partition coefficient (Wildman–Crippen LogP) is 1.39. The zero-order valence-electron chi connectivity index (χ0n) is 16.7. The Kier molecular flexibility index (Phi) is 5.43. The summed E-state index contributed by atoms with van der Waals surface area (Å²) >= 11 is 0. The number of hydrogen-bond donors (Lipinski definition) is 1. The minimum atomic E-state index is -1.01. The van der Waals surface area contributed by atoms with Crippen LogP contribution in [0.2, 0.25) is 0 Å². The quantitative estimate of drug-likeness (QED) is 0.816. The second kappa shape index (κ2) is 7.79. The van der Waals surface area contributed by atoms with Gasteiger partial charge in [-0.15, -0.1) is 0 Å². The molecule has 0 bridgehead atoms. The number of rotatable bonds is 6. The number of hydrogen-bond acceptors (Lipinski definition) is 7. The van der Waals surface area contributed by atoms with E-state index in [0.717, 1.165) is 10.9 Å². The Labute approximate surface area is 164 Å². The number of fused-ring (bicyclic) bond motifs is 1. The fraction of sp³-hybridized carbons (Fsp3) is 0.333. The third-order valence-electron chi connectivity index (χ3n) is 4.88. The average Bonchev–Trinajstić information content (AvgIpc) is 2.72. The van der Waals surface area contributed by atoms with E-state index in [4.69, 9.17) is 19.2 Å². The molecule has 2 aromatic rings. The fourth-order valence-corrected chi connectivity index (χ4v) is 3.35. The van der Waals surface area contributed by atoms with Gasteiger partial charge in [-0.3, -0.25) is 9.89 Å². The number of para-hydroxylation sites is 1. The molecule has 0 aliphatic carbocycles. The summed E-state index contributed by atoms with van der Waals surface area (Å²) in [5.41, 5.74) is -0.137. The van der Waals surface area contributed by atoms with Crippen molar-refractivity contribution in [3.8, 4) is 23.3 Å². The molecule has 0 spiro atoms. The maximum atomic E-state index is 10.1. The van der Waals surface area contributed by atoms with Gasteiger partial charge in [0.2, 0.25) is 5.75 Å². The molecule has 1 aliphatic rings. The predicted molar refractivity (Wildman–Crippen MR) is 107 cm³/mol. The van der Waals surface area contributed by atoms with Crippen molar-refractivity contribution in [1.82, 2.24) is 4.90 Å². The van der Waals surface area contributed by atoms with Gasteiger partial charge in [0.15, 0.2) is 23.2 Å². The molecule has 0 amide bonds. The highest BCUT2D eigenvalue weighted by atomic mass is 16.5. The van der Waals surface area contributed by atoms with Crippen molar-refractivity contribution < 1.29 is 14.2 Å². The lowest BCUT2D eigenvalue weighted by Crippen LogP contribution is -2.58. The molecule has 0 fully saturated rings. The summed E-state index contributed by atoms with van der Waals surface area (Å²) in [5.74, 6) is 1.46. The van der Waals surface area contributed by atoms with Gasteiger partial charge >= 0.3 is 0 Å². The molecule has 28 heavy (non-hydrogen) atoms. The highest BCUT2D eigenvalue weighted by molar-refractivity contribution is 5.59. The summed E-state index contributed by atoms with van der Waals surface area (Å²) in [6.45, 7) is 0. The Morgan fingerprint density at radius 2 is 1.75 bits per heavy atom. The maximum Gasteiger partial charge on any atom is 0.205 e. The summed E-state index contributed by atoms with van der Waals surface area (Å²) in [5, 5.41) is 14.9. The Morgan fingerprint density at radius 1 is 1.07 bits per heavy atom. The Hall–Kier alpha value is -3.24. The van der Waals surface area contributed by atoms with Crippen molar-refractivity contribution >= 4 is 11.8 Å². The number of nitrogens with one attached hydrogen (secondary N) is 1. The molecule has 0 aromatic heterocycles. The van der Waals surface area contributed by atoms with E-state index in [1.807, 2.05) is 61.5 Å².